The minimum atomic E-state index is -0.000477. The molecule has 0 unspecified atom stereocenters. The molecule has 2 N–H and O–H groups in total. The van der Waals surface area contributed by atoms with E-state index in [1.165, 1.54) is 0 Å². The summed E-state index contributed by atoms with van der Waals surface area (Å²) in [6, 6.07) is 7.50. The summed E-state index contributed by atoms with van der Waals surface area (Å²) in [5.74, 6) is 0. The van der Waals surface area contributed by atoms with Crippen molar-refractivity contribution in [2.24, 2.45) is 0 Å². The van der Waals surface area contributed by atoms with Gasteiger partial charge in [-0.05, 0) is 24.4 Å². The maximum Gasteiger partial charge on any atom is 0.262 e. The zero-order valence-electron chi connectivity index (χ0n) is 11.3. The first-order chi connectivity index (χ1) is 9.75. The fourth-order valence-electron chi connectivity index (χ4n) is 2.58. The van der Waals surface area contributed by atoms with E-state index in [2.05, 4.69) is 15.2 Å². The van der Waals surface area contributed by atoms with E-state index in [4.69, 9.17) is 12.2 Å². The van der Waals surface area contributed by atoms with E-state index in [1.54, 1.807) is 4.57 Å². The summed E-state index contributed by atoms with van der Waals surface area (Å²) in [7, 11) is 0. The smallest absolute Gasteiger partial charge is 0.262 e. The van der Waals surface area contributed by atoms with E-state index < -0.39 is 0 Å². The first kappa shape index (κ1) is 13.5. The zero-order valence-corrected chi connectivity index (χ0v) is 12.1. The van der Waals surface area contributed by atoms with Crippen molar-refractivity contribution in [2.75, 3.05) is 32.7 Å². The van der Waals surface area contributed by atoms with Crippen molar-refractivity contribution in [2.45, 2.75) is 6.54 Å². The maximum absolute atomic E-state index is 12.5. The van der Waals surface area contributed by atoms with Gasteiger partial charge >= 0.3 is 0 Å². The summed E-state index contributed by atoms with van der Waals surface area (Å²) >= 11 is 5.31. The Morgan fingerprint density at radius 1 is 1.15 bits per heavy atom. The molecule has 2 heterocycles. The number of fused-ring (bicyclic) bond motifs is 1. The van der Waals surface area contributed by atoms with Gasteiger partial charge in [-0.1, -0.05) is 12.1 Å². The van der Waals surface area contributed by atoms with E-state index in [0.29, 0.717) is 16.7 Å². The predicted octanol–water partition coefficient (Wildman–Crippen LogP) is 0.964. The van der Waals surface area contributed by atoms with Crippen molar-refractivity contribution < 1.29 is 0 Å². The molecule has 20 heavy (non-hydrogen) atoms. The van der Waals surface area contributed by atoms with E-state index in [1.807, 2.05) is 24.3 Å². The monoisotopic (exact) mass is 290 g/mol. The Morgan fingerprint density at radius 3 is 2.70 bits per heavy atom. The number of para-hydroxylation sites is 1. The normalized spacial score (nSPS) is 16.6. The SMILES string of the molecule is O=c1c2ccccc2[nH]c(=S)n1CCN1CCNCC1. The number of nitrogens with one attached hydrogen (secondary N) is 2. The molecule has 0 radical (unpaired) electrons. The van der Waals surface area contributed by atoms with Gasteiger partial charge < -0.3 is 10.3 Å². The van der Waals surface area contributed by atoms with Crippen LogP contribution in [0.4, 0.5) is 0 Å². The Balaban J connectivity index is 1.87. The third-order valence-electron chi connectivity index (χ3n) is 3.74. The summed E-state index contributed by atoms with van der Waals surface area (Å²) in [6.45, 7) is 5.58. The molecule has 3 rings (SSSR count). The van der Waals surface area contributed by atoms with Crippen LogP contribution in [0.2, 0.25) is 0 Å². The van der Waals surface area contributed by atoms with Crippen LogP contribution in [0.1, 0.15) is 0 Å². The highest BCUT2D eigenvalue weighted by Crippen LogP contribution is 2.06. The molecule has 0 bridgehead atoms. The molecule has 1 saturated heterocycles. The number of piperazine rings is 1. The van der Waals surface area contributed by atoms with Crippen molar-refractivity contribution in [1.29, 1.82) is 0 Å². The van der Waals surface area contributed by atoms with Crippen molar-refractivity contribution in [1.82, 2.24) is 19.8 Å². The average Bonchev–Trinajstić information content (AvgIpc) is 2.48. The highest BCUT2D eigenvalue weighted by molar-refractivity contribution is 7.71. The van der Waals surface area contributed by atoms with Crippen molar-refractivity contribution in [3.8, 4) is 0 Å². The number of rotatable bonds is 3. The van der Waals surface area contributed by atoms with Crippen LogP contribution >= 0.6 is 12.2 Å². The molecule has 5 nitrogen and oxygen atoms in total. The zero-order chi connectivity index (χ0) is 13.9. The number of hydrogen-bond donors (Lipinski definition) is 2. The average molecular weight is 290 g/mol. The minimum absolute atomic E-state index is 0.000477. The van der Waals surface area contributed by atoms with E-state index in [0.717, 1.165) is 38.2 Å². The predicted molar refractivity (Wildman–Crippen MR) is 82.7 cm³/mol. The van der Waals surface area contributed by atoms with Crippen LogP contribution in [-0.4, -0.2) is 47.2 Å². The van der Waals surface area contributed by atoms with Gasteiger partial charge in [-0.25, -0.2) is 0 Å². The lowest BCUT2D eigenvalue weighted by atomic mass is 10.2. The third-order valence-corrected chi connectivity index (χ3v) is 4.06. The van der Waals surface area contributed by atoms with Crippen LogP contribution in [0, 0.1) is 4.77 Å². The highest BCUT2D eigenvalue weighted by Gasteiger charge is 2.11. The maximum atomic E-state index is 12.5. The second-order valence-electron chi connectivity index (χ2n) is 5.02. The number of aromatic nitrogens is 2. The van der Waals surface area contributed by atoms with Gasteiger partial charge in [0.05, 0.1) is 10.9 Å². The standard InChI is InChI=1S/C14H18N4OS/c19-13-11-3-1-2-4-12(11)16-14(20)18(13)10-9-17-7-5-15-6-8-17/h1-4,15H,5-10H2,(H,16,20). The lowest BCUT2D eigenvalue weighted by molar-refractivity contribution is 0.231. The Kier molecular flexibility index (Phi) is 3.95. The number of nitrogens with zero attached hydrogens (tertiary/aromatic N) is 2. The molecule has 1 fully saturated rings. The molecule has 1 aliphatic rings. The summed E-state index contributed by atoms with van der Waals surface area (Å²) in [4.78, 5) is 18.0. The van der Waals surface area contributed by atoms with Gasteiger partial charge in [-0.15, -0.1) is 0 Å². The number of aromatic amines is 1. The van der Waals surface area contributed by atoms with Crippen molar-refractivity contribution >= 4 is 23.1 Å². The van der Waals surface area contributed by atoms with Gasteiger partial charge in [0, 0.05) is 39.3 Å². The number of benzene rings is 1. The van der Waals surface area contributed by atoms with E-state index in [-0.39, 0.29) is 5.56 Å². The number of H-pyrrole nitrogens is 1. The summed E-state index contributed by atoms with van der Waals surface area (Å²) in [5, 5.41) is 4.02. The molecule has 0 spiro atoms. The Labute approximate surface area is 122 Å². The Bertz CT molecular complexity index is 715. The summed E-state index contributed by atoms with van der Waals surface area (Å²) in [5.41, 5.74) is 0.806. The van der Waals surface area contributed by atoms with Crippen LogP contribution in [0.3, 0.4) is 0 Å². The molecule has 6 heteroatoms. The second kappa shape index (κ2) is 5.87. The van der Waals surface area contributed by atoms with Crippen molar-refractivity contribution in [3.05, 3.63) is 39.4 Å². The quantitative estimate of drug-likeness (QED) is 0.827. The Morgan fingerprint density at radius 2 is 1.90 bits per heavy atom. The lowest BCUT2D eigenvalue weighted by Gasteiger charge is -2.27. The fraction of sp³-hybridized carbons (Fsp3) is 0.429. The van der Waals surface area contributed by atoms with Crippen LogP contribution < -0.4 is 10.9 Å². The lowest BCUT2D eigenvalue weighted by Crippen LogP contribution is -2.45. The molecule has 0 aliphatic carbocycles. The first-order valence-electron chi connectivity index (χ1n) is 6.90. The van der Waals surface area contributed by atoms with Gasteiger partial charge in [0.25, 0.3) is 5.56 Å². The molecule has 1 aromatic carbocycles. The molecule has 106 valence electrons. The molecule has 0 amide bonds. The summed E-state index contributed by atoms with van der Waals surface area (Å²) in [6.07, 6.45) is 0. The van der Waals surface area contributed by atoms with Gasteiger partial charge in [0.1, 0.15) is 0 Å². The molecular weight excluding hydrogens is 272 g/mol. The number of hydrogen-bond acceptors (Lipinski definition) is 4. The fourth-order valence-corrected chi connectivity index (χ4v) is 2.86. The van der Waals surface area contributed by atoms with Gasteiger partial charge in [-0.3, -0.25) is 14.3 Å². The Hall–Kier alpha value is -1.50. The van der Waals surface area contributed by atoms with Gasteiger partial charge in [0.15, 0.2) is 4.77 Å². The van der Waals surface area contributed by atoms with Gasteiger partial charge in [0.2, 0.25) is 0 Å². The van der Waals surface area contributed by atoms with Crippen LogP contribution in [0.25, 0.3) is 10.9 Å². The molecular formula is C14H18N4OS. The topological polar surface area (TPSA) is 53.1 Å². The molecule has 0 saturated carbocycles. The molecule has 0 atom stereocenters. The highest BCUT2D eigenvalue weighted by atomic mass is 32.1. The van der Waals surface area contributed by atoms with E-state index in [9.17, 15) is 4.79 Å². The molecule has 1 aliphatic heterocycles. The van der Waals surface area contributed by atoms with Crippen LogP contribution in [0.15, 0.2) is 29.1 Å². The van der Waals surface area contributed by atoms with Crippen LogP contribution in [0.5, 0.6) is 0 Å². The first-order valence-corrected chi connectivity index (χ1v) is 7.31. The molecule has 2 aromatic rings. The van der Waals surface area contributed by atoms with Gasteiger partial charge in [-0.2, -0.15) is 0 Å². The third kappa shape index (κ3) is 2.67. The van der Waals surface area contributed by atoms with Crippen molar-refractivity contribution in [3.63, 3.8) is 0 Å². The van der Waals surface area contributed by atoms with E-state index >= 15 is 0 Å². The second-order valence-corrected chi connectivity index (χ2v) is 5.41. The molecule has 1 aromatic heterocycles. The largest absolute Gasteiger partial charge is 0.332 e. The van der Waals surface area contributed by atoms with Crippen LogP contribution in [-0.2, 0) is 6.54 Å². The minimum Gasteiger partial charge on any atom is -0.332 e. The summed E-state index contributed by atoms with van der Waals surface area (Å²) < 4.78 is 2.17.